The van der Waals surface area contributed by atoms with Crippen LogP contribution in [-0.4, -0.2) is 24.5 Å². The lowest BCUT2D eigenvalue weighted by Crippen LogP contribution is -2.64. The molecule has 0 heterocycles. The maximum atomic E-state index is 2.48. The molecule has 0 radical (unpaired) electrons. The number of likely N-dealkylation sites (N-methyl/N-ethyl adjacent to an activating group) is 1. The van der Waals surface area contributed by atoms with Gasteiger partial charge in [0.2, 0.25) is 0 Å². The Bertz CT molecular complexity index is 345. The Labute approximate surface area is 108 Å². The topological polar surface area (TPSA) is 3.24 Å². The first kappa shape index (κ1) is 14.8. The fourth-order valence-corrected chi connectivity index (χ4v) is 3.38. The van der Waals surface area contributed by atoms with Crippen molar-refractivity contribution in [3.05, 3.63) is 11.6 Å². The summed E-state index contributed by atoms with van der Waals surface area (Å²) in [5.74, 6) is 0. The molecule has 1 rings (SSSR count). The third-order valence-corrected chi connectivity index (χ3v) is 6.80. The molecule has 0 aromatic rings. The zero-order chi connectivity index (χ0) is 13.9. The molecule has 0 aromatic heterocycles. The van der Waals surface area contributed by atoms with Gasteiger partial charge in [0, 0.05) is 5.54 Å². The van der Waals surface area contributed by atoms with E-state index < -0.39 is 0 Å². The minimum atomic E-state index is 0.107. The van der Waals surface area contributed by atoms with E-state index in [0.717, 1.165) is 0 Å². The third-order valence-electron chi connectivity index (χ3n) is 6.80. The van der Waals surface area contributed by atoms with Crippen molar-refractivity contribution in [3.63, 3.8) is 0 Å². The van der Waals surface area contributed by atoms with Crippen molar-refractivity contribution in [1.29, 1.82) is 0 Å². The summed E-state index contributed by atoms with van der Waals surface area (Å²) in [6, 6.07) is 0. The van der Waals surface area contributed by atoms with E-state index in [-0.39, 0.29) is 21.8 Å². The Morgan fingerprint density at radius 1 is 0.824 bits per heavy atom. The number of nitrogens with zero attached hydrogens (tertiary/aromatic N) is 1. The molecule has 1 aliphatic rings. The summed E-state index contributed by atoms with van der Waals surface area (Å²) >= 11 is 0. The van der Waals surface area contributed by atoms with Gasteiger partial charge >= 0.3 is 0 Å². The largest absolute Gasteiger partial charge is 0.300 e. The van der Waals surface area contributed by atoms with Gasteiger partial charge < -0.3 is 0 Å². The van der Waals surface area contributed by atoms with Crippen LogP contribution in [0.25, 0.3) is 0 Å². The molecular formula is C16H31N. The molecule has 1 atom stereocenters. The average Bonchev–Trinajstić information content (AvgIpc) is 2.14. The van der Waals surface area contributed by atoms with E-state index in [1.807, 2.05) is 0 Å². The average molecular weight is 237 g/mol. The van der Waals surface area contributed by atoms with Crippen molar-refractivity contribution in [2.24, 2.45) is 16.2 Å². The maximum absolute atomic E-state index is 2.48. The predicted octanol–water partition coefficient (Wildman–Crippen LogP) is 4.35. The van der Waals surface area contributed by atoms with E-state index in [0.29, 0.717) is 0 Å². The van der Waals surface area contributed by atoms with Crippen LogP contribution in [0.3, 0.4) is 0 Å². The van der Waals surface area contributed by atoms with E-state index in [4.69, 9.17) is 0 Å². The fourth-order valence-electron chi connectivity index (χ4n) is 3.38. The van der Waals surface area contributed by atoms with Gasteiger partial charge in [-0.1, -0.05) is 53.2 Å². The summed E-state index contributed by atoms with van der Waals surface area (Å²) in [7, 11) is 4.39. The molecule has 0 bridgehead atoms. The Kier molecular flexibility index (Phi) is 3.13. The predicted molar refractivity (Wildman–Crippen MR) is 77.2 cm³/mol. The number of rotatable bonds is 1. The Morgan fingerprint density at radius 2 is 1.24 bits per heavy atom. The molecule has 0 aliphatic heterocycles. The summed E-state index contributed by atoms with van der Waals surface area (Å²) in [5, 5.41) is 0. The van der Waals surface area contributed by atoms with Gasteiger partial charge in [-0.3, -0.25) is 4.90 Å². The van der Waals surface area contributed by atoms with E-state index in [9.17, 15) is 0 Å². The SMILES string of the molecule is CC1=CC(C)(N(C)C)C(C)(C)C(C)(C)C1(C)C. The normalized spacial score (nSPS) is 34.6. The maximum Gasteiger partial charge on any atom is 0.0416 e. The summed E-state index contributed by atoms with van der Waals surface area (Å²) in [6.45, 7) is 19.1. The van der Waals surface area contributed by atoms with Crippen molar-refractivity contribution < 1.29 is 0 Å². The first-order valence-electron chi connectivity index (χ1n) is 6.70. The van der Waals surface area contributed by atoms with E-state index >= 15 is 0 Å². The molecule has 0 aromatic carbocycles. The molecule has 0 saturated carbocycles. The van der Waals surface area contributed by atoms with E-state index in [1.54, 1.807) is 0 Å². The zero-order valence-corrected chi connectivity index (χ0v) is 13.5. The molecule has 0 saturated heterocycles. The lowest BCUT2D eigenvalue weighted by atomic mass is 9.44. The van der Waals surface area contributed by atoms with Crippen LogP contribution in [0.5, 0.6) is 0 Å². The van der Waals surface area contributed by atoms with Crippen LogP contribution in [-0.2, 0) is 0 Å². The zero-order valence-electron chi connectivity index (χ0n) is 13.5. The van der Waals surface area contributed by atoms with Gasteiger partial charge in [0.05, 0.1) is 0 Å². The summed E-state index contributed by atoms with van der Waals surface area (Å²) in [4.78, 5) is 2.37. The highest BCUT2D eigenvalue weighted by Crippen LogP contribution is 2.63. The standard InChI is InChI=1S/C16H31N/c1-12-11-16(8,17(9)10)15(6,7)14(4,5)13(12,2)3/h11H,1-10H3. The minimum Gasteiger partial charge on any atom is -0.300 e. The first-order chi connectivity index (χ1) is 7.32. The first-order valence-corrected chi connectivity index (χ1v) is 6.70. The van der Waals surface area contributed by atoms with E-state index in [1.165, 1.54) is 5.57 Å². The van der Waals surface area contributed by atoms with Crippen LogP contribution in [0.2, 0.25) is 0 Å². The van der Waals surface area contributed by atoms with Gasteiger partial charge in [0.25, 0.3) is 0 Å². The number of allylic oxidation sites excluding steroid dienone is 1. The fraction of sp³-hybridized carbons (Fsp3) is 0.875. The van der Waals surface area contributed by atoms with Crippen molar-refractivity contribution in [3.8, 4) is 0 Å². The highest BCUT2D eigenvalue weighted by molar-refractivity contribution is 5.31. The van der Waals surface area contributed by atoms with Crippen LogP contribution in [0, 0.1) is 16.2 Å². The van der Waals surface area contributed by atoms with Gasteiger partial charge in [-0.05, 0) is 44.2 Å². The van der Waals surface area contributed by atoms with Gasteiger partial charge in [-0.25, -0.2) is 0 Å². The molecule has 0 amide bonds. The van der Waals surface area contributed by atoms with Gasteiger partial charge in [-0.2, -0.15) is 0 Å². The number of hydrogen-bond acceptors (Lipinski definition) is 1. The highest BCUT2D eigenvalue weighted by atomic mass is 15.2. The lowest BCUT2D eigenvalue weighted by Gasteiger charge is -2.64. The second kappa shape index (κ2) is 3.60. The van der Waals surface area contributed by atoms with Crippen LogP contribution >= 0.6 is 0 Å². The van der Waals surface area contributed by atoms with Crippen LogP contribution < -0.4 is 0 Å². The third kappa shape index (κ3) is 1.54. The second-order valence-corrected chi connectivity index (χ2v) is 7.74. The Hall–Kier alpha value is -0.300. The second-order valence-electron chi connectivity index (χ2n) is 7.74. The van der Waals surface area contributed by atoms with Crippen LogP contribution in [0.15, 0.2) is 11.6 Å². The molecule has 0 fully saturated rings. The van der Waals surface area contributed by atoms with Crippen molar-refractivity contribution >= 4 is 0 Å². The Morgan fingerprint density at radius 3 is 1.59 bits per heavy atom. The van der Waals surface area contributed by atoms with Crippen LogP contribution in [0.1, 0.15) is 55.4 Å². The van der Waals surface area contributed by atoms with Crippen molar-refractivity contribution in [2.75, 3.05) is 14.1 Å². The smallest absolute Gasteiger partial charge is 0.0416 e. The minimum absolute atomic E-state index is 0.107. The molecule has 1 aliphatic carbocycles. The van der Waals surface area contributed by atoms with E-state index in [2.05, 4.69) is 80.5 Å². The molecule has 1 heteroatoms. The summed E-state index contributed by atoms with van der Waals surface area (Å²) in [6.07, 6.45) is 2.48. The van der Waals surface area contributed by atoms with Crippen LogP contribution in [0.4, 0.5) is 0 Å². The van der Waals surface area contributed by atoms with Gasteiger partial charge in [0.15, 0.2) is 0 Å². The molecule has 17 heavy (non-hydrogen) atoms. The summed E-state index contributed by atoms with van der Waals surface area (Å²) < 4.78 is 0. The van der Waals surface area contributed by atoms with Crippen molar-refractivity contribution in [2.45, 2.75) is 60.9 Å². The molecule has 0 spiro atoms. The molecule has 1 nitrogen and oxygen atoms in total. The molecular weight excluding hydrogens is 206 g/mol. The monoisotopic (exact) mass is 237 g/mol. The quantitative estimate of drug-likeness (QED) is 0.613. The Balaban J connectivity index is 3.57. The lowest BCUT2D eigenvalue weighted by molar-refractivity contribution is -0.0929. The molecule has 1 unspecified atom stereocenters. The van der Waals surface area contributed by atoms with Crippen molar-refractivity contribution in [1.82, 2.24) is 4.90 Å². The summed E-state index contributed by atoms with van der Waals surface area (Å²) in [5.41, 5.74) is 2.32. The molecule has 100 valence electrons. The number of hydrogen-bond donors (Lipinski definition) is 0. The van der Waals surface area contributed by atoms with Gasteiger partial charge in [-0.15, -0.1) is 0 Å². The highest BCUT2D eigenvalue weighted by Gasteiger charge is 2.59. The molecule has 0 N–H and O–H groups in total. The van der Waals surface area contributed by atoms with Gasteiger partial charge in [0.1, 0.15) is 0 Å².